The van der Waals surface area contributed by atoms with E-state index >= 15 is 0 Å². The number of pyridine rings is 1. The zero-order valence-electron chi connectivity index (χ0n) is 17.2. The summed E-state index contributed by atoms with van der Waals surface area (Å²) < 4.78 is 18.7. The van der Waals surface area contributed by atoms with Crippen molar-refractivity contribution in [3.05, 3.63) is 65.6 Å². The van der Waals surface area contributed by atoms with Gasteiger partial charge in [-0.15, -0.1) is 0 Å². The van der Waals surface area contributed by atoms with Gasteiger partial charge in [0, 0.05) is 35.9 Å². The quantitative estimate of drug-likeness (QED) is 0.660. The number of carbonyl (C=O) groups is 2. The largest absolute Gasteiger partial charge is 0.379 e. The van der Waals surface area contributed by atoms with Crippen LogP contribution in [0.15, 0.2) is 48.5 Å². The molecule has 0 saturated carbocycles. The molecule has 7 nitrogen and oxygen atoms in total. The third kappa shape index (κ3) is 5.22. The Morgan fingerprint density at radius 2 is 1.71 bits per heavy atom. The van der Waals surface area contributed by atoms with Gasteiger partial charge in [-0.05, 0) is 49.4 Å². The fourth-order valence-electron chi connectivity index (χ4n) is 3.46. The maximum atomic E-state index is 13.4. The number of morpholine rings is 1. The van der Waals surface area contributed by atoms with Gasteiger partial charge in [-0.25, -0.2) is 4.39 Å². The van der Waals surface area contributed by atoms with E-state index in [0.717, 1.165) is 13.1 Å². The summed E-state index contributed by atoms with van der Waals surface area (Å²) in [5.41, 5.74) is 2.69. The van der Waals surface area contributed by atoms with E-state index < -0.39 is 0 Å². The maximum absolute atomic E-state index is 13.4. The molecule has 0 atom stereocenters. The van der Waals surface area contributed by atoms with Crippen LogP contribution in [0, 0.1) is 12.7 Å². The van der Waals surface area contributed by atoms with E-state index in [2.05, 4.69) is 15.6 Å². The number of ether oxygens (including phenoxy) is 1. The standard InChI is InChI=1S/C23H23FN4O3/c1-15-20(12-16-2-3-17(24)13-21(16)25-15)23(30)27-19-6-4-18(5-7-19)26-22(29)14-28-8-10-31-11-9-28/h2-7,12-13H,8-11,14H2,1H3,(H,26,29)(H,27,30). The molecule has 1 aliphatic heterocycles. The first-order chi connectivity index (χ1) is 15.0. The van der Waals surface area contributed by atoms with Crippen molar-refractivity contribution in [1.29, 1.82) is 0 Å². The Hall–Kier alpha value is -3.36. The molecule has 8 heteroatoms. The van der Waals surface area contributed by atoms with Crippen molar-refractivity contribution < 1.29 is 18.7 Å². The minimum Gasteiger partial charge on any atom is -0.379 e. The summed E-state index contributed by atoms with van der Waals surface area (Å²) in [6.07, 6.45) is 0. The molecule has 0 unspecified atom stereocenters. The normalized spacial score (nSPS) is 14.4. The first-order valence-electron chi connectivity index (χ1n) is 10.1. The highest BCUT2D eigenvalue weighted by Gasteiger charge is 2.15. The van der Waals surface area contributed by atoms with Gasteiger partial charge < -0.3 is 15.4 Å². The highest BCUT2D eigenvalue weighted by molar-refractivity contribution is 6.07. The summed E-state index contributed by atoms with van der Waals surface area (Å²) in [4.78, 5) is 31.3. The van der Waals surface area contributed by atoms with Gasteiger partial charge in [0.05, 0.1) is 36.5 Å². The Bertz CT molecular complexity index is 1110. The van der Waals surface area contributed by atoms with E-state index in [1.807, 2.05) is 4.90 Å². The number of nitrogens with zero attached hydrogens (tertiary/aromatic N) is 2. The molecule has 4 rings (SSSR count). The number of aryl methyl sites for hydroxylation is 1. The monoisotopic (exact) mass is 422 g/mol. The van der Waals surface area contributed by atoms with Crippen LogP contribution in [-0.4, -0.2) is 54.5 Å². The van der Waals surface area contributed by atoms with Gasteiger partial charge in [0.15, 0.2) is 0 Å². The first-order valence-corrected chi connectivity index (χ1v) is 10.1. The summed E-state index contributed by atoms with van der Waals surface area (Å²) >= 11 is 0. The van der Waals surface area contributed by atoms with Crippen LogP contribution >= 0.6 is 0 Å². The van der Waals surface area contributed by atoms with Gasteiger partial charge in [-0.2, -0.15) is 0 Å². The summed E-state index contributed by atoms with van der Waals surface area (Å²) in [5, 5.41) is 6.38. The Morgan fingerprint density at radius 1 is 1.03 bits per heavy atom. The minimum atomic E-state index is -0.367. The van der Waals surface area contributed by atoms with Crippen molar-refractivity contribution in [2.45, 2.75) is 6.92 Å². The SMILES string of the molecule is Cc1nc2cc(F)ccc2cc1C(=O)Nc1ccc(NC(=O)CN2CCOCC2)cc1. The van der Waals surface area contributed by atoms with Crippen LogP contribution in [-0.2, 0) is 9.53 Å². The van der Waals surface area contributed by atoms with Gasteiger partial charge in [0.25, 0.3) is 5.91 Å². The van der Waals surface area contributed by atoms with Crippen LogP contribution in [0.4, 0.5) is 15.8 Å². The molecule has 0 bridgehead atoms. The second-order valence-corrected chi connectivity index (χ2v) is 7.43. The molecule has 0 aliphatic carbocycles. The van der Waals surface area contributed by atoms with Crippen LogP contribution in [0.5, 0.6) is 0 Å². The van der Waals surface area contributed by atoms with Crippen LogP contribution in [0.1, 0.15) is 16.1 Å². The number of aromatic nitrogens is 1. The van der Waals surface area contributed by atoms with Crippen LogP contribution in [0.2, 0.25) is 0 Å². The molecule has 1 saturated heterocycles. The van der Waals surface area contributed by atoms with E-state index in [-0.39, 0.29) is 17.6 Å². The number of anilines is 2. The molecule has 31 heavy (non-hydrogen) atoms. The lowest BCUT2D eigenvalue weighted by molar-refractivity contribution is -0.118. The Balaban J connectivity index is 1.39. The van der Waals surface area contributed by atoms with E-state index in [1.165, 1.54) is 12.1 Å². The molecule has 3 aromatic rings. The Morgan fingerprint density at radius 3 is 2.42 bits per heavy atom. The number of fused-ring (bicyclic) bond motifs is 1. The van der Waals surface area contributed by atoms with Crippen molar-refractivity contribution in [2.24, 2.45) is 0 Å². The lowest BCUT2D eigenvalue weighted by Gasteiger charge is -2.25. The molecule has 2 aromatic carbocycles. The molecule has 2 heterocycles. The van der Waals surface area contributed by atoms with E-state index in [9.17, 15) is 14.0 Å². The van der Waals surface area contributed by atoms with Crippen molar-refractivity contribution in [2.75, 3.05) is 43.5 Å². The lowest BCUT2D eigenvalue weighted by atomic mass is 10.1. The minimum absolute atomic E-state index is 0.0898. The number of halogens is 1. The fraction of sp³-hybridized carbons (Fsp3) is 0.261. The molecule has 1 aromatic heterocycles. The molecule has 160 valence electrons. The number of carbonyl (C=O) groups excluding carboxylic acids is 2. The zero-order chi connectivity index (χ0) is 21.8. The van der Waals surface area contributed by atoms with Crippen molar-refractivity contribution >= 4 is 34.1 Å². The first kappa shape index (κ1) is 20.9. The molecular weight excluding hydrogens is 399 g/mol. The summed E-state index contributed by atoms with van der Waals surface area (Å²) in [6, 6.07) is 12.9. The van der Waals surface area contributed by atoms with Crippen molar-refractivity contribution in [1.82, 2.24) is 9.88 Å². The summed E-state index contributed by atoms with van der Waals surface area (Å²) in [6.45, 7) is 4.81. The number of hydrogen-bond donors (Lipinski definition) is 2. The topological polar surface area (TPSA) is 83.6 Å². The molecule has 2 N–H and O–H groups in total. The lowest BCUT2D eigenvalue weighted by Crippen LogP contribution is -2.41. The number of rotatable bonds is 5. The average molecular weight is 422 g/mol. The Kier molecular flexibility index (Phi) is 6.20. The zero-order valence-corrected chi connectivity index (χ0v) is 17.2. The van der Waals surface area contributed by atoms with E-state index in [1.54, 1.807) is 43.3 Å². The predicted molar refractivity (Wildman–Crippen MR) is 117 cm³/mol. The van der Waals surface area contributed by atoms with Gasteiger partial charge in [0.1, 0.15) is 5.82 Å². The maximum Gasteiger partial charge on any atom is 0.257 e. The van der Waals surface area contributed by atoms with E-state index in [4.69, 9.17) is 4.74 Å². The van der Waals surface area contributed by atoms with Gasteiger partial charge in [-0.1, -0.05) is 0 Å². The molecule has 2 amide bonds. The molecular formula is C23H23FN4O3. The average Bonchev–Trinajstić information content (AvgIpc) is 2.75. The van der Waals surface area contributed by atoms with Crippen molar-refractivity contribution in [3.8, 4) is 0 Å². The van der Waals surface area contributed by atoms with Gasteiger partial charge in [-0.3, -0.25) is 19.5 Å². The predicted octanol–water partition coefficient (Wildman–Crippen LogP) is 3.21. The number of hydrogen-bond acceptors (Lipinski definition) is 5. The van der Waals surface area contributed by atoms with E-state index in [0.29, 0.717) is 53.3 Å². The summed E-state index contributed by atoms with van der Waals surface area (Å²) in [7, 11) is 0. The summed E-state index contributed by atoms with van der Waals surface area (Å²) in [5.74, 6) is -0.762. The second kappa shape index (κ2) is 9.20. The highest BCUT2D eigenvalue weighted by Crippen LogP contribution is 2.20. The Labute approximate surface area is 179 Å². The third-order valence-corrected chi connectivity index (χ3v) is 5.11. The van der Waals surface area contributed by atoms with Crippen molar-refractivity contribution in [3.63, 3.8) is 0 Å². The second-order valence-electron chi connectivity index (χ2n) is 7.43. The fourth-order valence-corrected chi connectivity index (χ4v) is 3.46. The number of nitrogens with one attached hydrogen (secondary N) is 2. The van der Waals surface area contributed by atoms with Gasteiger partial charge >= 0.3 is 0 Å². The van der Waals surface area contributed by atoms with Crippen LogP contribution in [0.3, 0.4) is 0 Å². The highest BCUT2D eigenvalue weighted by atomic mass is 19.1. The molecule has 0 radical (unpaired) electrons. The number of amides is 2. The van der Waals surface area contributed by atoms with Gasteiger partial charge in [0.2, 0.25) is 5.91 Å². The third-order valence-electron chi connectivity index (χ3n) is 5.11. The number of benzene rings is 2. The molecule has 1 aliphatic rings. The molecule has 0 spiro atoms. The van der Waals surface area contributed by atoms with Crippen LogP contribution < -0.4 is 10.6 Å². The molecule has 1 fully saturated rings. The smallest absolute Gasteiger partial charge is 0.257 e. The van der Waals surface area contributed by atoms with Crippen LogP contribution in [0.25, 0.3) is 10.9 Å².